The van der Waals surface area contributed by atoms with E-state index in [1.54, 1.807) is 0 Å². The Balaban J connectivity index is 1.99. The van der Waals surface area contributed by atoms with Crippen LogP contribution in [0.3, 0.4) is 0 Å². The monoisotopic (exact) mass is 345 g/mol. The number of benzene rings is 2. The number of carbonyl (C=O) groups excluding carboxylic acids is 1. The molecule has 0 aliphatic carbocycles. The number of anilines is 1. The van der Waals surface area contributed by atoms with E-state index in [0.717, 1.165) is 22.1 Å². The van der Waals surface area contributed by atoms with E-state index in [0.29, 0.717) is 6.42 Å². The zero-order valence-electron chi connectivity index (χ0n) is 12.7. The summed E-state index contributed by atoms with van der Waals surface area (Å²) in [5, 5.41) is 3.00. The number of nitrogens with one attached hydrogen (secondary N) is 1. The molecule has 0 aliphatic rings. The highest BCUT2D eigenvalue weighted by Crippen LogP contribution is 2.27. The minimum atomic E-state index is 0.0455. The van der Waals surface area contributed by atoms with Crippen LogP contribution in [-0.2, 0) is 11.2 Å². The third kappa shape index (κ3) is 4.43. The molecule has 0 unspecified atom stereocenters. The van der Waals surface area contributed by atoms with Crippen LogP contribution in [0.5, 0.6) is 0 Å². The van der Waals surface area contributed by atoms with E-state index in [9.17, 15) is 4.79 Å². The maximum absolute atomic E-state index is 12.1. The van der Waals surface area contributed by atoms with E-state index in [1.165, 1.54) is 16.7 Å². The average Bonchev–Trinajstić information content (AvgIpc) is 2.40. The third-order valence-electron chi connectivity index (χ3n) is 3.42. The molecule has 3 heteroatoms. The van der Waals surface area contributed by atoms with Crippen LogP contribution in [0.25, 0.3) is 0 Å². The van der Waals surface area contributed by atoms with Gasteiger partial charge in [0, 0.05) is 10.9 Å². The number of aryl methyl sites for hydroxylation is 4. The Hall–Kier alpha value is -1.61. The van der Waals surface area contributed by atoms with Crippen molar-refractivity contribution in [1.29, 1.82) is 0 Å². The van der Waals surface area contributed by atoms with Gasteiger partial charge in [0.2, 0.25) is 5.91 Å². The Morgan fingerprint density at radius 3 is 2.52 bits per heavy atom. The van der Waals surface area contributed by atoms with Gasteiger partial charge in [-0.05, 0) is 65.9 Å². The van der Waals surface area contributed by atoms with Crippen molar-refractivity contribution in [2.75, 3.05) is 5.32 Å². The lowest BCUT2D eigenvalue weighted by Gasteiger charge is -2.12. The highest BCUT2D eigenvalue weighted by molar-refractivity contribution is 9.10. The fourth-order valence-corrected chi connectivity index (χ4v) is 3.17. The largest absolute Gasteiger partial charge is 0.325 e. The summed E-state index contributed by atoms with van der Waals surface area (Å²) in [4.78, 5) is 12.1. The number of hydrogen-bond acceptors (Lipinski definition) is 1. The van der Waals surface area contributed by atoms with Crippen LogP contribution in [0.1, 0.15) is 28.7 Å². The summed E-state index contributed by atoms with van der Waals surface area (Å²) in [5.74, 6) is 0.0455. The zero-order chi connectivity index (χ0) is 15.4. The quantitative estimate of drug-likeness (QED) is 0.834. The van der Waals surface area contributed by atoms with Crippen LogP contribution in [0.15, 0.2) is 40.9 Å². The molecule has 2 rings (SSSR count). The summed E-state index contributed by atoms with van der Waals surface area (Å²) in [6.07, 6.45) is 1.25. The molecule has 21 heavy (non-hydrogen) atoms. The molecule has 0 spiro atoms. The molecule has 0 aromatic heterocycles. The highest BCUT2D eigenvalue weighted by Gasteiger charge is 2.09. The fraction of sp³-hybridized carbons (Fsp3) is 0.278. The number of halogens is 1. The van der Waals surface area contributed by atoms with Gasteiger partial charge in [-0.2, -0.15) is 0 Å². The Labute approximate surface area is 134 Å². The van der Waals surface area contributed by atoms with Gasteiger partial charge in [0.1, 0.15) is 0 Å². The van der Waals surface area contributed by atoms with Gasteiger partial charge in [-0.25, -0.2) is 0 Å². The number of amides is 1. The molecule has 0 saturated carbocycles. The molecule has 0 heterocycles. The lowest BCUT2D eigenvalue weighted by atomic mass is 10.1. The molecule has 110 valence electrons. The van der Waals surface area contributed by atoms with Gasteiger partial charge in [0.25, 0.3) is 0 Å². The standard InChI is InChI=1S/C18H20BrNO/c1-12-5-4-6-15(10-12)7-8-17(21)20-18-14(3)9-13(2)11-16(18)19/h4-6,9-11H,7-8H2,1-3H3,(H,20,21). The maximum atomic E-state index is 12.1. The van der Waals surface area contributed by atoms with E-state index in [2.05, 4.69) is 52.4 Å². The molecular formula is C18H20BrNO. The first-order valence-electron chi connectivity index (χ1n) is 7.08. The van der Waals surface area contributed by atoms with Gasteiger partial charge in [-0.1, -0.05) is 35.9 Å². The SMILES string of the molecule is Cc1cccc(CCC(=O)Nc2c(C)cc(C)cc2Br)c1. The van der Waals surface area contributed by atoms with E-state index >= 15 is 0 Å². The molecule has 2 aromatic carbocycles. The smallest absolute Gasteiger partial charge is 0.224 e. The molecule has 1 N–H and O–H groups in total. The second-order valence-corrected chi connectivity index (χ2v) is 6.33. The number of rotatable bonds is 4. The Morgan fingerprint density at radius 1 is 1.10 bits per heavy atom. The van der Waals surface area contributed by atoms with Crippen molar-refractivity contribution in [2.24, 2.45) is 0 Å². The summed E-state index contributed by atoms with van der Waals surface area (Å²) >= 11 is 3.52. The van der Waals surface area contributed by atoms with Crippen molar-refractivity contribution in [3.8, 4) is 0 Å². The summed E-state index contributed by atoms with van der Waals surface area (Å²) in [6, 6.07) is 12.4. The number of carbonyl (C=O) groups is 1. The molecule has 2 nitrogen and oxygen atoms in total. The van der Waals surface area contributed by atoms with Crippen LogP contribution >= 0.6 is 15.9 Å². The van der Waals surface area contributed by atoms with Crippen molar-refractivity contribution >= 4 is 27.5 Å². The van der Waals surface area contributed by atoms with Crippen LogP contribution in [0.2, 0.25) is 0 Å². The normalized spacial score (nSPS) is 10.5. The van der Waals surface area contributed by atoms with Gasteiger partial charge in [0.15, 0.2) is 0 Å². The first-order valence-corrected chi connectivity index (χ1v) is 7.87. The molecule has 0 aliphatic heterocycles. The lowest BCUT2D eigenvalue weighted by Crippen LogP contribution is -2.13. The molecule has 0 fully saturated rings. The number of hydrogen-bond donors (Lipinski definition) is 1. The molecule has 0 radical (unpaired) electrons. The van der Waals surface area contributed by atoms with E-state index in [1.807, 2.05) is 26.0 Å². The fourth-order valence-electron chi connectivity index (χ4n) is 2.40. The summed E-state index contributed by atoms with van der Waals surface area (Å²) in [5.41, 5.74) is 5.55. The predicted molar refractivity (Wildman–Crippen MR) is 91.7 cm³/mol. The van der Waals surface area contributed by atoms with Gasteiger partial charge >= 0.3 is 0 Å². The first-order chi connectivity index (χ1) is 9.95. The van der Waals surface area contributed by atoms with Crippen LogP contribution in [-0.4, -0.2) is 5.91 Å². The summed E-state index contributed by atoms with van der Waals surface area (Å²) in [7, 11) is 0. The van der Waals surface area contributed by atoms with Crippen LogP contribution in [0.4, 0.5) is 5.69 Å². The Morgan fingerprint density at radius 2 is 1.86 bits per heavy atom. The zero-order valence-corrected chi connectivity index (χ0v) is 14.3. The minimum Gasteiger partial charge on any atom is -0.325 e. The van der Waals surface area contributed by atoms with Crippen molar-refractivity contribution in [3.63, 3.8) is 0 Å². The maximum Gasteiger partial charge on any atom is 0.224 e. The molecule has 1 amide bonds. The Bertz CT molecular complexity index is 641. The van der Waals surface area contributed by atoms with Gasteiger partial charge < -0.3 is 5.32 Å². The Kier molecular flexibility index (Phi) is 5.18. The summed E-state index contributed by atoms with van der Waals surface area (Å²) in [6.45, 7) is 6.12. The van der Waals surface area contributed by atoms with Crippen LogP contribution < -0.4 is 5.32 Å². The van der Waals surface area contributed by atoms with Gasteiger partial charge in [-0.15, -0.1) is 0 Å². The molecular weight excluding hydrogens is 326 g/mol. The molecule has 0 bridgehead atoms. The lowest BCUT2D eigenvalue weighted by molar-refractivity contribution is -0.116. The van der Waals surface area contributed by atoms with Crippen molar-refractivity contribution < 1.29 is 4.79 Å². The molecule has 0 atom stereocenters. The second-order valence-electron chi connectivity index (χ2n) is 5.48. The average molecular weight is 346 g/mol. The van der Waals surface area contributed by atoms with Crippen molar-refractivity contribution in [2.45, 2.75) is 33.6 Å². The van der Waals surface area contributed by atoms with Crippen molar-refractivity contribution in [3.05, 3.63) is 63.1 Å². The van der Waals surface area contributed by atoms with E-state index < -0.39 is 0 Å². The van der Waals surface area contributed by atoms with E-state index in [4.69, 9.17) is 0 Å². The second kappa shape index (κ2) is 6.90. The topological polar surface area (TPSA) is 29.1 Å². The van der Waals surface area contributed by atoms with E-state index in [-0.39, 0.29) is 5.91 Å². The minimum absolute atomic E-state index is 0.0455. The molecule has 2 aromatic rings. The predicted octanol–water partition coefficient (Wildman–Crippen LogP) is 4.95. The van der Waals surface area contributed by atoms with Crippen molar-refractivity contribution in [1.82, 2.24) is 0 Å². The first kappa shape index (κ1) is 15.8. The van der Waals surface area contributed by atoms with Gasteiger partial charge in [-0.3, -0.25) is 4.79 Å². The summed E-state index contributed by atoms with van der Waals surface area (Å²) < 4.78 is 0.934. The molecule has 0 saturated heterocycles. The van der Waals surface area contributed by atoms with Crippen LogP contribution in [0, 0.1) is 20.8 Å². The third-order valence-corrected chi connectivity index (χ3v) is 4.04. The van der Waals surface area contributed by atoms with Gasteiger partial charge in [0.05, 0.1) is 5.69 Å². The highest BCUT2D eigenvalue weighted by atomic mass is 79.9.